The Labute approximate surface area is 163 Å². The lowest BCUT2D eigenvalue weighted by Crippen LogP contribution is -2.43. The maximum atomic E-state index is 13.8. The summed E-state index contributed by atoms with van der Waals surface area (Å²) in [5.74, 6) is 1.82. The Morgan fingerprint density at radius 2 is 1.96 bits per heavy atom. The van der Waals surface area contributed by atoms with Gasteiger partial charge in [-0.1, -0.05) is 25.8 Å². The van der Waals surface area contributed by atoms with Crippen LogP contribution in [0.5, 0.6) is 17.2 Å². The van der Waals surface area contributed by atoms with Crippen molar-refractivity contribution in [2.24, 2.45) is 0 Å². The third-order valence-electron chi connectivity index (χ3n) is 5.85. The Morgan fingerprint density at radius 1 is 1.14 bits per heavy atom. The summed E-state index contributed by atoms with van der Waals surface area (Å²) in [6.07, 6.45) is 3.05. The molecule has 3 heterocycles. The molecule has 28 heavy (non-hydrogen) atoms. The molecule has 0 fully saturated rings. The average molecular weight is 376 g/mol. The Kier molecular flexibility index (Phi) is 3.73. The quantitative estimate of drug-likeness (QED) is 0.764. The molecule has 3 aliphatic rings. The second-order valence-electron chi connectivity index (χ2n) is 7.37. The molecule has 0 aliphatic carbocycles. The van der Waals surface area contributed by atoms with Gasteiger partial charge in [-0.2, -0.15) is 5.26 Å². The van der Waals surface area contributed by atoms with Crippen LogP contribution in [0.4, 0.5) is 5.69 Å². The van der Waals surface area contributed by atoms with Gasteiger partial charge in [-0.3, -0.25) is 4.79 Å². The highest BCUT2D eigenvalue weighted by Gasteiger charge is 2.58. The first kappa shape index (κ1) is 16.9. The van der Waals surface area contributed by atoms with Crippen LogP contribution in [0, 0.1) is 11.3 Å². The van der Waals surface area contributed by atoms with Gasteiger partial charge in [0.1, 0.15) is 17.8 Å². The summed E-state index contributed by atoms with van der Waals surface area (Å²) >= 11 is 0. The molecule has 5 rings (SSSR count). The van der Waals surface area contributed by atoms with Crippen molar-refractivity contribution in [1.29, 1.82) is 5.26 Å². The minimum Gasteiger partial charge on any atom is -0.491 e. The zero-order chi connectivity index (χ0) is 19.3. The molecule has 1 amide bonds. The van der Waals surface area contributed by atoms with Gasteiger partial charge in [-0.05, 0) is 24.6 Å². The minimum absolute atomic E-state index is 0.0288. The van der Waals surface area contributed by atoms with Gasteiger partial charge in [0.25, 0.3) is 0 Å². The topological polar surface area (TPSA) is 71.8 Å². The van der Waals surface area contributed by atoms with Gasteiger partial charge in [0.05, 0.1) is 11.6 Å². The van der Waals surface area contributed by atoms with Crippen molar-refractivity contribution in [3.05, 3.63) is 47.0 Å². The van der Waals surface area contributed by atoms with Crippen molar-refractivity contribution in [3.63, 3.8) is 0 Å². The first-order chi connectivity index (χ1) is 13.7. The Morgan fingerprint density at radius 3 is 2.75 bits per heavy atom. The number of carbonyl (C=O) groups is 1. The number of hydrogen-bond acceptors (Lipinski definition) is 5. The molecule has 0 saturated heterocycles. The number of carbonyl (C=O) groups excluding carboxylic acids is 1. The molecule has 0 N–H and O–H groups in total. The minimum atomic E-state index is -1.01. The van der Waals surface area contributed by atoms with Crippen molar-refractivity contribution in [2.75, 3.05) is 24.8 Å². The Hall–Kier alpha value is -3.20. The number of anilines is 1. The summed E-state index contributed by atoms with van der Waals surface area (Å²) in [6, 6.07) is 11.5. The predicted octanol–water partition coefficient (Wildman–Crippen LogP) is 3.50. The molecule has 6 nitrogen and oxygen atoms in total. The maximum absolute atomic E-state index is 13.8. The normalized spacial score (nSPS) is 20.9. The largest absolute Gasteiger partial charge is 0.491 e. The van der Waals surface area contributed by atoms with E-state index in [1.165, 1.54) is 0 Å². The molecular formula is C22H20N2O4. The molecular weight excluding hydrogens is 356 g/mol. The van der Waals surface area contributed by atoms with Crippen molar-refractivity contribution < 1.29 is 19.0 Å². The smallest absolute Gasteiger partial charge is 0.245 e. The van der Waals surface area contributed by atoms with Gasteiger partial charge in [0.15, 0.2) is 11.5 Å². The third kappa shape index (κ3) is 2.10. The summed E-state index contributed by atoms with van der Waals surface area (Å²) < 4.78 is 17.0. The number of rotatable bonds is 4. The van der Waals surface area contributed by atoms with Gasteiger partial charge in [0, 0.05) is 29.4 Å². The van der Waals surface area contributed by atoms with E-state index in [9.17, 15) is 10.1 Å². The molecule has 1 unspecified atom stereocenters. The molecule has 6 heteroatoms. The van der Waals surface area contributed by atoms with Crippen molar-refractivity contribution in [3.8, 4) is 23.3 Å². The number of unbranched alkanes of at least 4 members (excludes halogenated alkanes) is 2. The Balaban J connectivity index is 1.70. The average Bonchev–Trinajstić information content (AvgIpc) is 3.38. The summed E-state index contributed by atoms with van der Waals surface area (Å²) in [5.41, 5.74) is 1.82. The fourth-order valence-corrected chi connectivity index (χ4v) is 4.52. The van der Waals surface area contributed by atoms with Crippen molar-refractivity contribution in [1.82, 2.24) is 0 Å². The van der Waals surface area contributed by atoms with Gasteiger partial charge < -0.3 is 19.1 Å². The van der Waals surface area contributed by atoms with E-state index < -0.39 is 5.41 Å². The summed E-state index contributed by atoms with van der Waals surface area (Å²) in [6.45, 7) is 3.11. The van der Waals surface area contributed by atoms with E-state index in [0.29, 0.717) is 29.4 Å². The number of fused-ring (bicyclic) bond motifs is 5. The molecule has 142 valence electrons. The van der Waals surface area contributed by atoms with E-state index in [1.807, 2.05) is 23.1 Å². The lowest BCUT2D eigenvalue weighted by molar-refractivity contribution is -0.122. The standard InChI is InChI=1S/C22H20N2O4/c1-2-3-4-8-24-16-7-5-6-14(11-23)20(16)22(21(24)25)12-26-17-10-19-18(9-15(17)22)27-13-28-19/h5-7,9-10H,2-4,8,12-13H2,1H3. The molecule has 0 radical (unpaired) electrons. The van der Waals surface area contributed by atoms with E-state index in [1.54, 1.807) is 12.1 Å². The molecule has 3 aliphatic heterocycles. The van der Waals surface area contributed by atoms with Crippen molar-refractivity contribution in [2.45, 2.75) is 31.6 Å². The number of hydrogen-bond donors (Lipinski definition) is 0. The second kappa shape index (κ2) is 6.16. The highest BCUT2D eigenvalue weighted by molar-refractivity contribution is 6.12. The number of nitriles is 1. The van der Waals surface area contributed by atoms with E-state index in [-0.39, 0.29) is 19.3 Å². The molecule has 0 aromatic heterocycles. The van der Waals surface area contributed by atoms with Crippen LogP contribution in [-0.4, -0.2) is 25.9 Å². The molecule has 0 saturated carbocycles. The Bertz CT molecular complexity index is 1030. The van der Waals surface area contributed by atoms with E-state index in [0.717, 1.165) is 36.1 Å². The number of benzene rings is 2. The first-order valence-corrected chi connectivity index (χ1v) is 9.63. The lowest BCUT2D eigenvalue weighted by Gasteiger charge is -2.23. The van der Waals surface area contributed by atoms with Gasteiger partial charge >= 0.3 is 0 Å². The predicted molar refractivity (Wildman–Crippen MR) is 102 cm³/mol. The molecule has 2 aromatic rings. The zero-order valence-corrected chi connectivity index (χ0v) is 15.7. The molecule has 0 bridgehead atoms. The van der Waals surface area contributed by atoms with E-state index >= 15 is 0 Å². The SMILES string of the molecule is CCCCCN1C(=O)C2(COc3cc4c(cc32)OCO4)c2c(C#N)cccc21. The highest BCUT2D eigenvalue weighted by Crippen LogP contribution is 2.55. The number of amides is 1. The van der Waals surface area contributed by atoms with Crippen LogP contribution in [0.2, 0.25) is 0 Å². The van der Waals surface area contributed by atoms with Crippen LogP contribution in [0.15, 0.2) is 30.3 Å². The van der Waals surface area contributed by atoms with Crippen LogP contribution in [0.1, 0.15) is 42.9 Å². The second-order valence-corrected chi connectivity index (χ2v) is 7.37. The molecule has 1 atom stereocenters. The zero-order valence-electron chi connectivity index (χ0n) is 15.7. The van der Waals surface area contributed by atoms with Gasteiger partial charge in [-0.15, -0.1) is 0 Å². The fraction of sp³-hybridized carbons (Fsp3) is 0.364. The highest BCUT2D eigenvalue weighted by atomic mass is 16.7. The van der Waals surface area contributed by atoms with Gasteiger partial charge in [0.2, 0.25) is 12.7 Å². The van der Waals surface area contributed by atoms with E-state index in [4.69, 9.17) is 14.2 Å². The third-order valence-corrected chi connectivity index (χ3v) is 5.85. The summed E-state index contributed by atoms with van der Waals surface area (Å²) in [5, 5.41) is 9.77. The van der Waals surface area contributed by atoms with Crippen molar-refractivity contribution >= 4 is 11.6 Å². The number of ether oxygens (including phenoxy) is 3. The van der Waals surface area contributed by atoms with E-state index in [2.05, 4.69) is 13.0 Å². The summed E-state index contributed by atoms with van der Waals surface area (Å²) in [7, 11) is 0. The van der Waals surface area contributed by atoms with Crippen LogP contribution in [0.3, 0.4) is 0 Å². The van der Waals surface area contributed by atoms with Gasteiger partial charge in [-0.25, -0.2) is 0 Å². The number of nitrogens with zero attached hydrogens (tertiary/aromatic N) is 2. The lowest BCUT2D eigenvalue weighted by atomic mass is 9.75. The summed E-state index contributed by atoms with van der Waals surface area (Å²) in [4.78, 5) is 15.6. The molecule has 2 aromatic carbocycles. The van der Waals surface area contributed by atoms with Crippen LogP contribution in [0.25, 0.3) is 0 Å². The van der Waals surface area contributed by atoms with Crippen LogP contribution in [-0.2, 0) is 10.2 Å². The first-order valence-electron chi connectivity index (χ1n) is 9.63. The maximum Gasteiger partial charge on any atom is 0.245 e. The monoisotopic (exact) mass is 376 g/mol. The fourth-order valence-electron chi connectivity index (χ4n) is 4.52. The van der Waals surface area contributed by atoms with Crippen LogP contribution >= 0.6 is 0 Å². The molecule has 1 spiro atoms. The van der Waals surface area contributed by atoms with Crippen LogP contribution < -0.4 is 19.1 Å².